The van der Waals surface area contributed by atoms with Crippen LogP contribution in [0.1, 0.15) is 38.5 Å². The van der Waals surface area contributed by atoms with Crippen LogP contribution in [0.4, 0.5) is 0 Å². The van der Waals surface area contributed by atoms with E-state index in [0.717, 1.165) is 30.7 Å². The van der Waals surface area contributed by atoms with Gasteiger partial charge in [-0.25, -0.2) is 0 Å². The molecule has 2 nitrogen and oxygen atoms in total. The molecule has 2 rings (SSSR count). The van der Waals surface area contributed by atoms with Crippen molar-refractivity contribution < 1.29 is 0 Å². The summed E-state index contributed by atoms with van der Waals surface area (Å²) in [6.45, 7) is 2.37. The highest BCUT2D eigenvalue weighted by Gasteiger charge is 2.39. The minimum absolute atomic E-state index is 0.709. The van der Waals surface area contributed by atoms with E-state index in [1.54, 1.807) is 0 Å². The fourth-order valence-corrected chi connectivity index (χ4v) is 3.52. The second-order valence-corrected chi connectivity index (χ2v) is 5.46. The Kier molecular flexibility index (Phi) is 3.64. The fraction of sp³-hybridized carbons (Fsp3) is 0.923. The molecule has 2 heteroatoms. The molecule has 0 aromatic rings. The summed E-state index contributed by atoms with van der Waals surface area (Å²) in [6, 6.07) is 2.22. The van der Waals surface area contributed by atoms with Gasteiger partial charge in [0.05, 0.1) is 6.07 Å². The Hall–Kier alpha value is -0.550. The van der Waals surface area contributed by atoms with Gasteiger partial charge in [0.2, 0.25) is 0 Å². The molecule has 0 aromatic heterocycles. The van der Waals surface area contributed by atoms with E-state index < -0.39 is 0 Å². The van der Waals surface area contributed by atoms with Crippen LogP contribution in [0, 0.1) is 29.1 Å². The van der Waals surface area contributed by atoms with E-state index in [-0.39, 0.29) is 0 Å². The van der Waals surface area contributed by atoms with Crippen LogP contribution >= 0.6 is 0 Å². The second kappa shape index (κ2) is 4.99. The van der Waals surface area contributed by atoms with Crippen molar-refractivity contribution in [1.82, 2.24) is 4.90 Å². The molecule has 2 bridgehead atoms. The molecule has 0 aromatic carbocycles. The molecule has 0 heterocycles. The third-order valence-electron chi connectivity index (χ3n) is 4.26. The first-order valence-corrected chi connectivity index (χ1v) is 6.35. The van der Waals surface area contributed by atoms with E-state index in [9.17, 15) is 0 Å². The lowest BCUT2D eigenvalue weighted by Gasteiger charge is -2.26. The smallest absolute Gasteiger partial charge is 0.0622 e. The fourth-order valence-electron chi connectivity index (χ4n) is 3.52. The molecule has 3 atom stereocenters. The van der Waals surface area contributed by atoms with Crippen molar-refractivity contribution in [3.8, 4) is 6.07 Å². The number of nitriles is 1. The van der Waals surface area contributed by atoms with Crippen LogP contribution in [0.2, 0.25) is 0 Å². The first-order chi connectivity index (χ1) is 7.29. The molecule has 0 spiro atoms. The summed E-state index contributed by atoms with van der Waals surface area (Å²) in [5.41, 5.74) is 0. The monoisotopic (exact) mass is 206 g/mol. The quantitative estimate of drug-likeness (QED) is 0.647. The summed E-state index contributed by atoms with van der Waals surface area (Å²) in [7, 11) is 2.21. The summed E-state index contributed by atoms with van der Waals surface area (Å²) in [4.78, 5) is 2.43. The van der Waals surface area contributed by atoms with Crippen LogP contribution in [0.15, 0.2) is 0 Å². The van der Waals surface area contributed by atoms with E-state index in [4.69, 9.17) is 5.26 Å². The van der Waals surface area contributed by atoms with Crippen LogP contribution in [0.25, 0.3) is 0 Å². The normalized spacial score (nSPS) is 33.5. The van der Waals surface area contributed by atoms with Crippen LogP contribution in [0.5, 0.6) is 0 Å². The summed E-state index contributed by atoms with van der Waals surface area (Å²) in [5.74, 6) is 3.07. The Balaban J connectivity index is 1.66. The van der Waals surface area contributed by atoms with Gasteiger partial charge in [0.15, 0.2) is 0 Å². The third-order valence-corrected chi connectivity index (χ3v) is 4.26. The van der Waals surface area contributed by atoms with Gasteiger partial charge in [-0.15, -0.1) is 0 Å². The van der Waals surface area contributed by atoms with E-state index in [0.29, 0.717) is 6.42 Å². The highest BCUT2D eigenvalue weighted by atomic mass is 15.1. The highest BCUT2D eigenvalue weighted by molar-refractivity contribution is 4.90. The molecule has 15 heavy (non-hydrogen) atoms. The maximum absolute atomic E-state index is 8.48. The topological polar surface area (TPSA) is 27.0 Å². The molecule has 0 saturated heterocycles. The van der Waals surface area contributed by atoms with Gasteiger partial charge in [0.25, 0.3) is 0 Å². The maximum Gasteiger partial charge on any atom is 0.0622 e. The minimum atomic E-state index is 0.709. The van der Waals surface area contributed by atoms with Crippen molar-refractivity contribution in [2.75, 3.05) is 20.1 Å². The van der Waals surface area contributed by atoms with Crippen molar-refractivity contribution in [2.24, 2.45) is 17.8 Å². The van der Waals surface area contributed by atoms with Gasteiger partial charge >= 0.3 is 0 Å². The van der Waals surface area contributed by atoms with Crippen LogP contribution in [-0.4, -0.2) is 25.0 Å². The van der Waals surface area contributed by atoms with Gasteiger partial charge in [0, 0.05) is 13.0 Å². The second-order valence-electron chi connectivity index (χ2n) is 5.46. The van der Waals surface area contributed by atoms with E-state index >= 15 is 0 Å². The number of nitrogens with zero attached hydrogens (tertiary/aromatic N) is 2. The molecule has 0 radical (unpaired) electrons. The van der Waals surface area contributed by atoms with Crippen LogP contribution < -0.4 is 0 Å². The van der Waals surface area contributed by atoms with Gasteiger partial charge in [-0.2, -0.15) is 5.26 Å². The average molecular weight is 206 g/mol. The number of rotatable bonds is 5. The Morgan fingerprint density at radius 2 is 2.20 bits per heavy atom. The zero-order valence-electron chi connectivity index (χ0n) is 9.78. The number of unbranched alkanes of at least 4 members (excludes halogenated alkanes) is 1. The van der Waals surface area contributed by atoms with Gasteiger partial charge in [-0.3, -0.25) is 0 Å². The summed E-state index contributed by atoms with van der Waals surface area (Å²) in [5, 5.41) is 8.48. The molecular formula is C13H22N2. The molecule has 0 aliphatic heterocycles. The van der Waals surface area contributed by atoms with Crippen LogP contribution in [0.3, 0.4) is 0 Å². The van der Waals surface area contributed by atoms with Crippen molar-refractivity contribution in [3.63, 3.8) is 0 Å². The molecule has 2 aliphatic carbocycles. The lowest BCUT2D eigenvalue weighted by molar-refractivity contribution is 0.219. The maximum atomic E-state index is 8.48. The summed E-state index contributed by atoms with van der Waals surface area (Å²) < 4.78 is 0. The predicted molar refractivity (Wildman–Crippen MR) is 61.3 cm³/mol. The van der Waals surface area contributed by atoms with E-state index in [1.807, 2.05) is 0 Å². The molecule has 3 unspecified atom stereocenters. The lowest BCUT2D eigenvalue weighted by Crippen LogP contribution is -2.29. The Labute approximate surface area is 93.3 Å². The average Bonchev–Trinajstić information content (AvgIpc) is 2.79. The number of hydrogen-bond acceptors (Lipinski definition) is 2. The Bertz CT molecular complexity index is 243. The first-order valence-electron chi connectivity index (χ1n) is 6.35. The zero-order chi connectivity index (χ0) is 10.7. The standard InChI is InChI=1S/C13H22N2/c1-15(7-3-2-6-14)10-13-9-11-4-5-12(13)8-11/h11-13H,2-5,7-10H2,1H3. The Morgan fingerprint density at radius 1 is 1.33 bits per heavy atom. The zero-order valence-corrected chi connectivity index (χ0v) is 9.78. The molecule has 2 fully saturated rings. The van der Waals surface area contributed by atoms with Crippen LogP contribution in [-0.2, 0) is 0 Å². The van der Waals surface area contributed by atoms with Gasteiger partial charge < -0.3 is 4.90 Å². The van der Waals surface area contributed by atoms with Crippen molar-refractivity contribution in [2.45, 2.75) is 38.5 Å². The summed E-state index contributed by atoms with van der Waals surface area (Å²) >= 11 is 0. The van der Waals surface area contributed by atoms with Crippen molar-refractivity contribution >= 4 is 0 Å². The molecule has 2 aliphatic rings. The SMILES string of the molecule is CN(CCCC#N)CC1CC2CCC1C2. The first kappa shape index (κ1) is 11.0. The predicted octanol–water partition coefficient (Wildman–Crippen LogP) is 2.66. The molecule has 0 N–H and O–H groups in total. The molecule has 0 amide bonds. The largest absolute Gasteiger partial charge is 0.306 e. The number of fused-ring (bicyclic) bond motifs is 2. The Morgan fingerprint density at radius 3 is 2.80 bits per heavy atom. The minimum Gasteiger partial charge on any atom is -0.306 e. The third kappa shape index (κ3) is 2.72. The molecule has 84 valence electrons. The van der Waals surface area contributed by atoms with Gasteiger partial charge in [-0.1, -0.05) is 6.42 Å². The number of hydrogen-bond donors (Lipinski definition) is 0. The van der Waals surface area contributed by atoms with E-state index in [1.165, 1.54) is 32.2 Å². The molecule has 2 saturated carbocycles. The summed E-state index contributed by atoms with van der Waals surface area (Å²) in [6.07, 6.45) is 7.72. The lowest BCUT2D eigenvalue weighted by atomic mass is 9.88. The van der Waals surface area contributed by atoms with E-state index in [2.05, 4.69) is 18.0 Å². The van der Waals surface area contributed by atoms with Crippen molar-refractivity contribution in [3.05, 3.63) is 0 Å². The molecular weight excluding hydrogens is 184 g/mol. The highest BCUT2D eigenvalue weighted by Crippen LogP contribution is 2.48. The van der Waals surface area contributed by atoms with Gasteiger partial charge in [0.1, 0.15) is 0 Å². The van der Waals surface area contributed by atoms with Gasteiger partial charge in [-0.05, 0) is 57.0 Å². The van der Waals surface area contributed by atoms with Crippen molar-refractivity contribution in [1.29, 1.82) is 5.26 Å².